The van der Waals surface area contributed by atoms with Gasteiger partial charge < -0.3 is 9.64 Å². The van der Waals surface area contributed by atoms with Gasteiger partial charge in [-0.2, -0.15) is 0 Å². The molecule has 3 aliphatic rings. The van der Waals surface area contributed by atoms with Crippen LogP contribution in [0.2, 0.25) is 0 Å². The number of hydrogen-bond acceptors (Lipinski definition) is 6. The zero-order valence-electron chi connectivity index (χ0n) is 21.6. The molecule has 1 unspecified atom stereocenters. The van der Waals surface area contributed by atoms with E-state index in [1.807, 2.05) is 72.5 Å². The molecular formula is C33H26N2O4. The highest BCUT2D eigenvalue weighted by atomic mass is 16.5. The van der Waals surface area contributed by atoms with Crippen LogP contribution < -0.4 is 9.64 Å². The van der Waals surface area contributed by atoms with E-state index in [4.69, 9.17) is 9.72 Å². The molecular weight excluding hydrogens is 488 g/mol. The molecule has 0 radical (unpaired) electrons. The summed E-state index contributed by atoms with van der Waals surface area (Å²) in [6.45, 7) is 3.85. The molecule has 2 aliphatic heterocycles. The highest BCUT2D eigenvalue weighted by Gasteiger charge is 2.71. The number of anilines is 1. The fourth-order valence-corrected chi connectivity index (χ4v) is 7.10. The van der Waals surface area contributed by atoms with Gasteiger partial charge in [0.25, 0.3) is 0 Å². The van der Waals surface area contributed by atoms with E-state index in [0.29, 0.717) is 29.0 Å². The summed E-state index contributed by atoms with van der Waals surface area (Å²) in [6, 6.07) is 20.9. The minimum Gasteiger partial charge on any atom is -0.494 e. The quantitative estimate of drug-likeness (QED) is 0.327. The molecule has 0 amide bonds. The van der Waals surface area contributed by atoms with Gasteiger partial charge in [-0.05, 0) is 31.5 Å². The van der Waals surface area contributed by atoms with Gasteiger partial charge >= 0.3 is 0 Å². The van der Waals surface area contributed by atoms with Crippen molar-refractivity contribution in [1.29, 1.82) is 0 Å². The average Bonchev–Trinajstić information content (AvgIpc) is 3.39. The molecule has 1 aliphatic carbocycles. The molecule has 3 atom stereocenters. The number of hydrogen-bond donors (Lipinski definition) is 0. The van der Waals surface area contributed by atoms with Crippen molar-refractivity contribution in [3.8, 4) is 5.75 Å². The van der Waals surface area contributed by atoms with E-state index in [0.717, 1.165) is 22.2 Å². The largest absolute Gasteiger partial charge is 0.494 e. The van der Waals surface area contributed by atoms with Crippen LogP contribution in [-0.4, -0.2) is 41.0 Å². The molecule has 6 nitrogen and oxygen atoms in total. The molecule has 7 rings (SSSR count). The third kappa shape index (κ3) is 2.97. The second-order valence-corrected chi connectivity index (χ2v) is 10.4. The Bertz CT molecular complexity index is 1700. The Hall–Kier alpha value is -4.58. The van der Waals surface area contributed by atoms with E-state index in [1.165, 1.54) is 0 Å². The van der Waals surface area contributed by atoms with Gasteiger partial charge in [0.05, 0.1) is 29.9 Å². The molecule has 1 aromatic heterocycles. The molecule has 4 aromatic rings. The standard InChI is InChI=1S/C33H26N2O4/c1-3-39-25-13-7-6-12-24(25)27-29(19(2)36)35-26(33(27)31(37)22-10-4-5-11-23(22)32(33)38)17-16-21-15-14-20-9-8-18-34-28(20)30(21)35/h4-18,26-27,29H,3H2,1-2H3/t26?,27-,29-/m1/s1. The maximum absolute atomic E-state index is 14.6. The summed E-state index contributed by atoms with van der Waals surface area (Å²) in [7, 11) is 0. The van der Waals surface area contributed by atoms with E-state index < -0.39 is 23.4 Å². The number of nitrogens with zero attached hydrogens (tertiary/aromatic N) is 2. The zero-order chi connectivity index (χ0) is 26.9. The zero-order valence-corrected chi connectivity index (χ0v) is 21.6. The smallest absolute Gasteiger partial charge is 0.180 e. The summed E-state index contributed by atoms with van der Waals surface area (Å²) in [6.07, 6.45) is 5.62. The summed E-state index contributed by atoms with van der Waals surface area (Å²) >= 11 is 0. The van der Waals surface area contributed by atoms with Crippen molar-refractivity contribution in [1.82, 2.24) is 4.98 Å². The molecule has 1 fully saturated rings. The topological polar surface area (TPSA) is 76.6 Å². The first-order chi connectivity index (χ1) is 19.0. The lowest BCUT2D eigenvalue weighted by Crippen LogP contribution is -2.48. The molecule has 3 aromatic carbocycles. The van der Waals surface area contributed by atoms with Crippen LogP contribution in [0.15, 0.2) is 85.1 Å². The Morgan fingerprint density at radius 2 is 1.67 bits per heavy atom. The summed E-state index contributed by atoms with van der Waals surface area (Å²) in [4.78, 5) is 49.8. The fourth-order valence-electron chi connectivity index (χ4n) is 7.10. The highest BCUT2D eigenvalue weighted by molar-refractivity contribution is 6.32. The van der Waals surface area contributed by atoms with Crippen molar-refractivity contribution in [3.05, 3.63) is 107 Å². The van der Waals surface area contributed by atoms with E-state index in [9.17, 15) is 14.4 Å². The van der Waals surface area contributed by atoms with Gasteiger partial charge in [-0.25, -0.2) is 0 Å². The highest BCUT2D eigenvalue weighted by Crippen LogP contribution is 2.62. The van der Waals surface area contributed by atoms with Crippen LogP contribution in [0.3, 0.4) is 0 Å². The Kier molecular flexibility index (Phi) is 5.11. The van der Waals surface area contributed by atoms with Crippen molar-refractivity contribution in [3.63, 3.8) is 0 Å². The van der Waals surface area contributed by atoms with Crippen LogP contribution >= 0.6 is 0 Å². The van der Waals surface area contributed by atoms with E-state index in [2.05, 4.69) is 0 Å². The number of aromatic nitrogens is 1. The number of pyridine rings is 1. The molecule has 6 heteroatoms. The summed E-state index contributed by atoms with van der Waals surface area (Å²) < 4.78 is 6.04. The maximum atomic E-state index is 14.6. The molecule has 3 heterocycles. The minimum absolute atomic E-state index is 0.126. The Morgan fingerprint density at radius 1 is 0.949 bits per heavy atom. The predicted octanol–water partition coefficient (Wildman–Crippen LogP) is 5.66. The lowest BCUT2D eigenvalue weighted by Gasteiger charge is -2.37. The van der Waals surface area contributed by atoms with E-state index >= 15 is 0 Å². The maximum Gasteiger partial charge on any atom is 0.180 e. The van der Waals surface area contributed by atoms with Crippen molar-refractivity contribution in [2.45, 2.75) is 31.8 Å². The van der Waals surface area contributed by atoms with Crippen molar-refractivity contribution >= 4 is 40.0 Å². The number of carbonyl (C=O) groups is 3. The Morgan fingerprint density at radius 3 is 2.38 bits per heavy atom. The van der Waals surface area contributed by atoms with Crippen LogP contribution in [0.4, 0.5) is 5.69 Å². The van der Waals surface area contributed by atoms with E-state index in [1.54, 1.807) is 37.4 Å². The third-order valence-electron chi connectivity index (χ3n) is 8.51. The van der Waals surface area contributed by atoms with Gasteiger partial charge in [-0.1, -0.05) is 72.8 Å². The van der Waals surface area contributed by atoms with Gasteiger partial charge in [0, 0.05) is 34.2 Å². The summed E-state index contributed by atoms with van der Waals surface area (Å²) in [5.74, 6) is -0.824. The van der Waals surface area contributed by atoms with Gasteiger partial charge in [-0.15, -0.1) is 0 Å². The molecule has 0 bridgehead atoms. The number of fused-ring (bicyclic) bond motifs is 7. The SMILES string of the molecule is CCOc1ccccc1[C@@H]1[C@@H](C(C)=O)N2c3c(ccc4cccnc34)C=CC2C12C(=O)c1ccccc1C2=O. The number of para-hydroxylation sites is 1. The molecule has 1 spiro atoms. The first-order valence-corrected chi connectivity index (χ1v) is 13.2. The monoisotopic (exact) mass is 514 g/mol. The second-order valence-electron chi connectivity index (χ2n) is 10.4. The first kappa shape index (κ1) is 23.5. The summed E-state index contributed by atoms with van der Waals surface area (Å²) in [5, 5.41) is 0.923. The van der Waals surface area contributed by atoms with Crippen molar-refractivity contribution in [2.75, 3.05) is 11.5 Å². The predicted molar refractivity (Wildman–Crippen MR) is 149 cm³/mol. The van der Waals surface area contributed by atoms with Gasteiger partial charge in [-0.3, -0.25) is 19.4 Å². The Balaban J connectivity index is 1.59. The lowest BCUT2D eigenvalue weighted by molar-refractivity contribution is -0.118. The van der Waals surface area contributed by atoms with Gasteiger partial charge in [0.15, 0.2) is 17.3 Å². The number of ether oxygens (including phenoxy) is 1. The number of benzene rings is 3. The van der Waals surface area contributed by atoms with Crippen molar-refractivity contribution < 1.29 is 19.1 Å². The first-order valence-electron chi connectivity index (χ1n) is 13.2. The molecule has 1 saturated heterocycles. The molecule has 0 N–H and O–H groups in total. The normalized spacial score (nSPS) is 22.2. The van der Waals surface area contributed by atoms with Crippen LogP contribution in [0.5, 0.6) is 5.75 Å². The number of Topliss-reactive ketones (excluding diaryl/α,β-unsaturated/α-hetero) is 3. The lowest BCUT2D eigenvalue weighted by atomic mass is 9.64. The van der Waals surface area contributed by atoms with Crippen LogP contribution in [0, 0.1) is 5.41 Å². The number of carbonyl (C=O) groups excluding carboxylic acids is 3. The Labute approximate surface area is 225 Å². The molecule has 192 valence electrons. The summed E-state index contributed by atoms with van der Waals surface area (Å²) in [5.41, 5.74) is 2.35. The van der Waals surface area contributed by atoms with Gasteiger partial charge in [0.1, 0.15) is 11.2 Å². The van der Waals surface area contributed by atoms with Crippen LogP contribution in [0.1, 0.15) is 51.6 Å². The van der Waals surface area contributed by atoms with Gasteiger partial charge in [0.2, 0.25) is 0 Å². The van der Waals surface area contributed by atoms with E-state index in [-0.39, 0.29) is 17.3 Å². The third-order valence-corrected chi connectivity index (χ3v) is 8.51. The fraction of sp³-hybridized carbons (Fsp3) is 0.212. The number of ketones is 3. The minimum atomic E-state index is -1.54. The number of rotatable bonds is 4. The molecule has 39 heavy (non-hydrogen) atoms. The molecule has 0 saturated carbocycles. The van der Waals surface area contributed by atoms with Crippen LogP contribution in [-0.2, 0) is 4.79 Å². The second kappa shape index (κ2) is 8.46. The average molecular weight is 515 g/mol. The van der Waals surface area contributed by atoms with Crippen molar-refractivity contribution in [2.24, 2.45) is 5.41 Å². The van der Waals surface area contributed by atoms with Crippen LogP contribution in [0.25, 0.3) is 17.0 Å².